The van der Waals surface area contributed by atoms with Crippen LogP contribution in [0, 0.1) is 0 Å². The second-order valence-electron chi connectivity index (χ2n) is 4.87. The minimum Gasteiger partial charge on any atom is -0.461 e. The zero-order valence-corrected chi connectivity index (χ0v) is 13.5. The molecule has 0 amide bonds. The van der Waals surface area contributed by atoms with Crippen LogP contribution in [-0.2, 0) is 0 Å². The molecule has 0 aromatic heterocycles. The van der Waals surface area contributed by atoms with E-state index in [4.69, 9.17) is 28.1 Å². The van der Waals surface area contributed by atoms with E-state index in [0.717, 1.165) is 0 Å². The molecule has 1 aliphatic heterocycles. The van der Waals surface area contributed by atoms with Crippen LogP contribution in [0.5, 0.6) is 5.75 Å². The summed E-state index contributed by atoms with van der Waals surface area (Å²) in [7, 11) is 0. The molecule has 23 heavy (non-hydrogen) atoms. The molecule has 1 aliphatic rings. The molecule has 0 saturated carbocycles. The van der Waals surface area contributed by atoms with E-state index in [1.165, 1.54) is 15.8 Å². The third-order valence-corrected chi connectivity index (χ3v) is 3.67. The molecule has 0 spiro atoms. The van der Waals surface area contributed by atoms with E-state index in [-0.39, 0.29) is 12.5 Å². The van der Waals surface area contributed by atoms with Crippen LogP contribution < -0.4 is 4.74 Å². The van der Waals surface area contributed by atoms with E-state index in [1.807, 2.05) is 6.07 Å². The van der Waals surface area contributed by atoms with Crippen molar-refractivity contribution in [1.29, 1.82) is 0 Å². The number of nitrogens with zero attached hydrogens (tertiary/aromatic N) is 3. The second kappa shape index (κ2) is 6.89. The molecule has 3 rings (SSSR count). The molecule has 0 radical (unpaired) electrons. The monoisotopic (exact) mass is 349 g/mol. The lowest BCUT2D eigenvalue weighted by Crippen LogP contribution is -2.42. The minimum atomic E-state index is -0.918. The van der Waals surface area contributed by atoms with Gasteiger partial charge < -0.3 is 4.74 Å². The van der Waals surface area contributed by atoms with Crippen LogP contribution in [0.2, 0.25) is 5.02 Å². The van der Waals surface area contributed by atoms with Crippen molar-refractivity contribution in [3.63, 3.8) is 0 Å². The predicted molar refractivity (Wildman–Crippen MR) is 89.5 cm³/mol. The van der Waals surface area contributed by atoms with Crippen molar-refractivity contribution < 1.29 is 9.53 Å². The van der Waals surface area contributed by atoms with Gasteiger partial charge in [-0.2, -0.15) is 5.10 Å². The molecule has 1 unspecified atom stereocenters. The number of rotatable bonds is 5. The molecule has 0 fully saturated rings. The van der Waals surface area contributed by atoms with Crippen LogP contribution in [0.4, 0.5) is 0 Å². The molecule has 2 aromatic rings. The lowest BCUT2D eigenvalue weighted by molar-refractivity contribution is 0.0246. The molecule has 0 bridgehead atoms. The van der Waals surface area contributed by atoms with Gasteiger partial charge in [-0.3, -0.25) is 9.21 Å². The predicted octanol–water partition coefficient (Wildman–Crippen LogP) is 3.60. The highest BCUT2D eigenvalue weighted by Crippen LogP contribution is 2.21. The third kappa shape index (κ3) is 3.75. The van der Waals surface area contributed by atoms with E-state index in [9.17, 15) is 4.79 Å². The van der Waals surface area contributed by atoms with Crippen LogP contribution in [0.15, 0.2) is 59.7 Å². The Balaban J connectivity index is 1.86. The van der Waals surface area contributed by atoms with Gasteiger partial charge in [-0.05, 0) is 24.3 Å². The number of benzene rings is 2. The van der Waals surface area contributed by atoms with Gasteiger partial charge in [0.15, 0.2) is 0 Å². The number of halogens is 2. The maximum atomic E-state index is 12.8. The molecule has 0 N–H and O–H groups in total. The Bertz CT molecular complexity index is 707. The molecular formula is C16H13Cl2N3O2. The average molecular weight is 350 g/mol. The van der Waals surface area contributed by atoms with E-state index >= 15 is 0 Å². The zero-order valence-electron chi connectivity index (χ0n) is 12.0. The number of ketones is 1. The maximum absolute atomic E-state index is 12.8. The molecular weight excluding hydrogens is 337 g/mol. The summed E-state index contributed by atoms with van der Waals surface area (Å²) in [5, 5.41) is 6.18. The van der Waals surface area contributed by atoms with Crippen molar-refractivity contribution in [3.05, 3.63) is 65.2 Å². The summed E-state index contributed by atoms with van der Waals surface area (Å²) in [6.07, 6.45) is 0.511. The van der Waals surface area contributed by atoms with Crippen molar-refractivity contribution in [3.8, 4) is 5.75 Å². The lowest BCUT2D eigenvalue weighted by atomic mass is 10.1. The van der Waals surface area contributed by atoms with Crippen molar-refractivity contribution in [2.24, 2.45) is 5.10 Å². The van der Waals surface area contributed by atoms with Crippen molar-refractivity contribution >= 4 is 35.5 Å². The number of hydrogen-bond donors (Lipinski definition) is 0. The average Bonchev–Trinajstić information content (AvgIpc) is 3.01. The molecule has 2 aromatic carbocycles. The van der Waals surface area contributed by atoms with E-state index in [0.29, 0.717) is 16.3 Å². The largest absolute Gasteiger partial charge is 0.461 e. The Hall–Kier alpha value is -2.24. The molecule has 0 aliphatic carbocycles. The van der Waals surface area contributed by atoms with Crippen LogP contribution >= 0.6 is 23.4 Å². The Kier molecular flexibility index (Phi) is 4.69. The van der Waals surface area contributed by atoms with Gasteiger partial charge in [-0.15, -0.1) is 0 Å². The molecule has 5 nitrogen and oxygen atoms in total. The van der Waals surface area contributed by atoms with E-state index < -0.39 is 6.23 Å². The summed E-state index contributed by atoms with van der Waals surface area (Å²) < 4.78 is 7.18. The lowest BCUT2D eigenvalue weighted by Gasteiger charge is -2.25. The van der Waals surface area contributed by atoms with Crippen molar-refractivity contribution in [2.45, 2.75) is 6.23 Å². The van der Waals surface area contributed by atoms with E-state index in [1.54, 1.807) is 48.5 Å². The van der Waals surface area contributed by atoms with Crippen LogP contribution in [0.3, 0.4) is 0 Å². The first-order valence-electron chi connectivity index (χ1n) is 6.88. The number of hydrazone groups is 1. The molecule has 118 valence electrons. The first-order valence-corrected chi connectivity index (χ1v) is 7.60. The Morgan fingerprint density at radius 1 is 1.13 bits per heavy atom. The van der Waals surface area contributed by atoms with Crippen molar-refractivity contribution in [1.82, 2.24) is 9.43 Å². The van der Waals surface area contributed by atoms with E-state index in [2.05, 4.69) is 5.10 Å². The maximum Gasteiger partial charge on any atom is 0.252 e. The van der Waals surface area contributed by atoms with Gasteiger partial charge >= 0.3 is 0 Å². The fourth-order valence-electron chi connectivity index (χ4n) is 2.11. The molecule has 1 atom stereocenters. The van der Waals surface area contributed by atoms with Crippen LogP contribution in [-0.4, -0.2) is 34.4 Å². The summed E-state index contributed by atoms with van der Waals surface area (Å²) in [4.78, 5) is 12.8. The number of carbonyl (C=O) groups excluding carboxylic acids is 1. The van der Waals surface area contributed by atoms with Crippen LogP contribution in [0.1, 0.15) is 10.4 Å². The third-order valence-electron chi connectivity index (χ3n) is 3.22. The van der Waals surface area contributed by atoms with Gasteiger partial charge in [0, 0.05) is 22.4 Å². The SMILES string of the molecule is O=C(c1ccccc1)C(Oc1ccc(Cl)cc1)N1CN(Cl)C=N1. The number of hydrogen-bond acceptors (Lipinski definition) is 5. The highest BCUT2D eigenvalue weighted by molar-refractivity contribution is 6.30. The number of Topliss-reactive ketones (excluding diaryl/α,β-unsaturated/α-hetero) is 1. The van der Waals surface area contributed by atoms with Gasteiger partial charge in [0.25, 0.3) is 6.23 Å². The molecule has 1 heterocycles. The zero-order chi connectivity index (χ0) is 16.2. The first kappa shape index (κ1) is 15.6. The first-order chi connectivity index (χ1) is 11.1. The second-order valence-corrected chi connectivity index (χ2v) is 5.74. The topological polar surface area (TPSA) is 45.1 Å². The Labute approximate surface area is 143 Å². The standard InChI is InChI=1S/C16H13Cl2N3O2/c17-13-6-8-14(9-7-13)23-16(21-11-20(18)10-19-21)15(22)12-4-2-1-3-5-12/h1-10,16H,11H2. The van der Waals surface area contributed by atoms with Gasteiger partial charge in [-0.1, -0.05) is 41.9 Å². The van der Waals surface area contributed by atoms with Gasteiger partial charge in [0.05, 0.1) is 0 Å². The summed E-state index contributed by atoms with van der Waals surface area (Å²) in [5.41, 5.74) is 0.537. The summed E-state index contributed by atoms with van der Waals surface area (Å²) in [6, 6.07) is 15.7. The molecule has 0 saturated heterocycles. The van der Waals surface area contributed by atoms with Gasteiger partial charge in [0.1, 0.15) is 18.8 Å². The summed E-state index contributed by atoms with van der Waals surface area (Å²) in [6.45, 7) is 0.248. The van der Waals surface area contributed by atoms with Gasteiger partial charge in [-0.25, -0.2) is 5.01 Å². The van der Waals surface area contributed by atoms with Crippen molar-refractivity contribution in [2.75, 3.05) is 6.67 Å². The fraction of sp³-hybridized carbons (Fsp3) is 0.125. The quantitative estimate of drug-likeness (QED) is 0.611. The molecule has 7 heteroatoms. The normalized spacial score (nSPS) is 14.9. The fourth-order valence-corrected chi connectivity index (χ4v) is 2.38. The summed E-state index contributed by atoms with van der Waals surface area (Å²) >= 11 is 11.8. The highest BCUT2D eigenvalue weighted by Gasteiger charge is 2.31. The number of ether oxygens (including phenoxy) is 1. The Morgan fingerprint density at radius 3 is 2.43 bits per heavy atom. The van der Waals surface area contributed by atoms with Gasteiger partial charge in [0.2, 0.25) is 5.78 Å². The smallest absolute Gasteiger partial charge is 0.252 e. The minimum absolute atomic E-state index is 0.204. The van der Waals surface area contributed by atoms with Crippen LogP contribution in [0.25, 0.3) is 0 Å². The Morgan fingerprint density at radius 2 is 1.83 bits per heavy atom. The number of carbonyl (C=O) groups is 1. The highest BCUT2D eigenvalue weighted by atomic mass is 35.5. The summed E-state index contributed by atoms with van der Waals surface area (Å²) in [5.74, 6) is 0.316.